The van der Waals surface area contributed by atoms with Gasteiger partial charge >= 0.3 is 0 Å². The second-order valence-electron chi connectivity index (χ2n) is 4.36. The van der Waals surface area contributed by atoms with Crippen molar-refractivity contribution in [3.63, 3.8) is 0 Å². The van der Waals surface area contributed by atoms with E-state index >= 15 is 0 Å². The molecule has 0 spiro atoms. The summed E-state index contributed by atoms with van der Waals surface area (Å²) in [5.41, 5.74) is 8.77. The molecule has 1 aromatic carbocycles. The molecule has 0 saturated heterocycles. The number of aromatic nitrogens is 1. The molecule has 1 aliphatic heterocycles. The summed E-state index contributed by atoms with van der Waals surface area (Å²) in [4.78, 5) is 6.43. The van der Waals surface area contributed by atoms with Crippen LogP contribution in [-0.4, -0.2) is 11.5 Å². The highest BCUT2D eigenvalue weighted by atomic mass is 19.1. The van der Waals surface area contributed by atoms with Crippen LogP contribution in [0.5, 0.6) is 0 Å². The molecule has 2 heterocycles. The van der Waals surface area contributed by atoms with E-state index in [0.29, 0.717) is 6.54 Å². The maximum Gasteiger partial charge on any atom is 0.137 e. The van der Waals surface area contributed by atoms with Crippen molar-refractivity contribution in [2.75, 3.05) is 11.4 Å². The molecular weight excluding hydrogens is 229 g/mol. The third kappa shape index (κ3) is 1.75. The normalized spacial score (nSPS) is 13.8. The molecule has 0 aliphatic carbocycles. The van der Waals surface area contributed by atoms with Gasteiger partial charge in [0.2, 0.25) is 0 Å². The monoisotopic (exact) mass is 243 g/mol. The molecule has 1 aromatic heterocycles. The van der Waals surface area contributed by atoms with E-state index in [1.54, 1.807) is 12.3 Å². The van der Waals surface area contributed by atoms with Crippen LogP contribution in [0.3, 0.4) is 0 Å². The molecule has 0 fully saturated rings. The zero-order chi connectivity index (χ0) is 12.5. The van der Waals surface area contributed by atoms with Crippen molar-refractivity contribution >= 4 is 11.5 Å². The van der Waals surface area contributed by atoms with Crippen LogP contribution in [-0.2, 0) is 13.0 Å². The fourth-order valence-electron chi connectivity index (χ4n) is 2.41. The summed E-state index contributed by atoms with van der Waals surface area (Å²) in [7, 11) is 0. The summed E-state index contributed by atoms with van der Waals surface area (Å²) in [5, 5.41) is 0. The van der Waals surface area contributed by atoms with Crippen LogP contribution in [0.4, 0.5) is 15.9 Å². The summed E-state index contributed by atoms with van der Waals surface area (Å²) in [6.07, 6.45) is 2.65. The highest BCUT2D eigenvalue weighted by Gasteiger charge is 2.23. The molecule has 0 atom stereocenters. The number of benzene rings is 1. The lowest BCUT2D eigenvalue weighted by atomic mass is 10.1. The molecular formula is C14H14FN3. The smallest absolute Gasteiger partial charge is 0.137 e. The first-order chi connectivity index (χ1) is 8.79. The molecule has 0 amide bonds. The molecule has 3 nitrogen and oxygen atoms in total. The zero-order valence-electron chi connectivity index (χ0n) is 9.94. The van der Waals surface area contributed by atoms with E-state index < -0.39 is 0 Å². The van der Waals surface area contributed by atoms with Gasteiger partial charge in [0.15, 0.2) is 0 Å². The number of pyridine rings is 1. The molecule has 0 radical (unpaired) electrons. The molecule has 2 N–H and O–H groups in total. The lowest BCUT2D eigenvalue weighted by Crippen LogP contribution is -2.18. The number of nitrogens with zero attached hydrogens (tertiary/aromatic N) is 2. The first kappa shape index (κ1) is 11.2. The van der Waals surface area contributed by atoms with Crippen LogP contribution in [0.25, 0.3) is 0 Å². The van der Waals surface area contributed by atoms with E-state index in [1.165, 1.54) is 6.07 Å². The van der Waals surface area contributed by atoms with Gasteiger partial charge < -0.3 is 10.6 Å². The highest BCUT2D eigenvalue weighted by Crippen LogP contribution is 2.35. The number of hydrogen-bond acceptors (Lipinski definition) is 3. The fraction of sp³-hybridized carbons (Fsp3) is 0.214. The van der Waals surface area contributed by atoms with Gasteiger partial charge in [0.1, 0.15) is 11.6 Å². The minimum Gasteiger partial charge on any atom is -0.326 e. The van der Waals surface area contributed by atoms with Crippen LogP contribution < -0.4 is 10.6 Å². The molecule has 2 aromatic rings. The van der Waals surface area contributed by atoms with Gasteiger partial charge in [0.05, 0.1) is 0 Å². The van der Waals surface area contributed by atoms with E-state index in [1.807, 2.05) is 23.1 Å². The number of anilines is 2. The minimum atomic E-state index is -0.217. The van der Waals surface area contributed by atoms with Crippen molar-refractivity contribution in [2.24, 2.45) is 5.73 Å². The van der Waals surface area contributed by atoms with E-state index in [2.05, 4.69) is 4.98 Å². The Morgan fingerprint density at radius 1 is 1.33 bits per heavy atom. The van der Waals surface area contributed by atoms with Gasteiger partial charge in [-0.15, -0.1) is 0 Å². The van der Waals surface area contributed by atoms with Gasteiger partial charge in [-0.05, 0) is 30.2 Å². The SMILES string of the molecule is NCc1cccnc1N1CCc2ccc(F)cc21. The molecule has 0 unspecified atom stereocenters. The summed E-state index contributed by atoms with van der Waals surface area (Å²) in [5.74, 6) is 0.621. The average Bonchev–Trinajstić information content (AvgIpc) is 2.81. The van der Waals surface area contributed by atoms with Crippen molar-refractivity contribution < 1.29 is 4.39 Å². The van der Waals surface area contributed by atoms with Gasteiger partial charge in [-0.25, -0.2) is 9.37 Å². The van der Waals surface area contributed by atoms with E-state index in [-0.39, 0.29) is 5.82 Å². The molecule has 0 bridgehead atoms. The summed E-state index contributed by atoms with van der Waals surface area (Å²) < 4.78 is 13.4. The van der Waals surface area contributed by atoms with Crippen molar-refractivity contribution in [3.05, 3.63) is 53.5 Å². The van der Waals surface area contributed by atoms with Crippen molar-refractivity contribution in [1.82, 2.24) is 4.98 Å². The number of fused-ring (bicyclic) bond motifs is 1. The standard InChI is InChI=1S/C14H14FN3/c15-12-4-3-10-5-7-18(13(10)8-12)14-11(9-16)2-1-6-17-14/h1-4,6,8H,5,7,9,16H2. The van der Waals surface area contributed by atoms with Gasteiger partial charge in [0.25, 0.3) is 0 Å². The average molecular weight is 243 g/mol. The van der Waals surface area contributed by atoms with Crippen molar-refractivity contribution in [1.29, 1.82) is 0 Å². The Morgan fingerprint density at radius 2 is 2.22 bits per heavy atom. The fourth-order valence-corrected chi connectivity index (χ4v) is 2.41. The van der Waals surface area contributed by atoms with E-state index in [0.717, 1.165) is 35.6 Å². The summed E-state index contributed by atoms with van der Waals surface area (Å²) >= 11 is 0. The molecule has 1 aliphatic rings. The first-order valence-corrected chi connectivity index (χ1v) is 5.99. The van der Waals surface area contributed by atoms with Crippen LogP contribution in [0, 0.1) is 5.82 Å². The second-order valence-corrected chi connectivity index (χ2v) is 4.36. The Morgan fingerprint density at radius 3 is 3.06 bits per heavy atom. The lowest BCUT2D eigenvalue weighted by Gasteiger charge is -2.20. The van der Waals surface area contributed by atoms with E-state index in [9.17, 15) is 4.39 Å². The highest BCUT2D eigenvalue weighted by molar-refractivity contribution is 5.69. The number of nitrogens with two attached hydrogens (primary N) is 1. The minimum absolute atomic E-state index is 0.217. The van der Waals surface area contributed by atoms with Crippen LogP contribution >= 0.6 is 0 Å². The van der Waals surface area contributed by atoms with Crippen LogP contribution in [0.1, 0.15) is 11.1 Å². The third-order valence-electron chi connectivity index (χ3n) is 3.29. The third-order valence-corrected chi connectivity index (χ3v) is 3.29. The van der Waals surface area contributed by atoms with Gasteiger partial charge in [-0.1, -0.05) is 12.1 Å². The van der Waals surface area contributed by atoms with Crippen LogP contribution in [0.15, 0.2) is 36.5 Å². The molecule has 3 rings (SSSR count). The topological polar surface area (TPSA) is 42.1 Å². The predicted molar refractivity (Wildman–Crippen MR) is 69.2 cm³/mol. The zero-order valence-corrected chi connectivity index (χ0v) is 9.94. The lowest BCUT2D eigenvalue weighted by molar-refractivity contribution is 0.628. The Hall–Kier alpha value is -1.94. The summed E-state index contributed by atoms with van der Waals surface area (Å²) in [6, 6.07) is 8.74. The largest absolute Gasteiger partial charge is 0.326 e. The first-order valence-electron chi connectivity index (χ1n) is 5.99. The van der Waals surface area contributed by atoms with Gasteiger partial charge in [0, 0.05) is 30.5 Å². The summed E-state index contributed by atoms with van der Waals surface area (Å²) in [6.45, 7) is 1.26. The number of rotatable bonds is 2. The molecule has 4 heteroatoms. The second kappa shape index (κ2) is 4.38. The molecule has 0 saturated carbocycles. The maximum atomic E-state index is 13.4. The number of hydrogen-bond donors (Lipinski definition) is 1. The Balaban J connectivity index is 2.08. The van der Waals surface area contributed by atoms with Gasteiger partial charge in [-0.3, -0.25) is 0 Å². The number of halogens is 1. The van der Waals surface area contributed by atoms with E-state index in [4.69, 9.17) is 5.73 Å². The van der Waals surface area contributed by atoms with Crippen LogP contribution in [0.2, 0.25) is 0 Å². The Labute approximate surface area is 105 Å². The predicted octanol–water partition coefficient (Wildman–Crippen LogP) is 2.37. The maximum absolute atomic E-state index is 13.4. The van der Waals surface area contributed by atoms with Gasteiger partial charge in [-0.2, -0.15) is 0 Å². The van der Waals surface area contributed by atoms with Crippen molar-refractivity contribution in [2.45, 2.75) is 13.0 Å². The Kier molecular flexibility index (Phi) is 2.72. The Bertz CT molecular complexity index is 583. The quantitative estimate of drug-likeness (QED) is 0.880. The molecule has 18 heavy (non-hydrogen) atoms. The van der Waals surface area contributed by atoms with Crippen molar-refractivity contribution in [3.8, 4) is 0 Å². The molecule has 92 valence electrons.